The van der Waals surface area contributed by atoms with Crippen molar-refractivity contribution in [2.24, 2.45) is 0 Å². The minimum atomic E-state index is -4.70. The normalized spacial score (nSPS) is 12.8. The zero-order valence-electron chi connectivity index (χ0n) is 10.4. The molecule has 0 aromatic heterocycles. The van der Waals surface area contributed by atoms with Crippen LogP contribution in [0.5, 0.6) is 0 Å². The summed E-state index contributed by atoms with van der Waals surface area (Å²) in [6.45, 7) is 1.46. The molecule has 0 fully saturated rings. The lowest BCUT2D eigenvalue weighted by Gasteiger charge is -2.29. The lowest BCUT2D eigenvalue weighted by atomic mass is 10.2. The topological polar surface area (TPSA) is 37.3 Å². The van der Waals surface area contributed by atoms with Gasteiger partial charge in [0.1, 0.15) is 0 Å². The maximum Gasteiger partial charge on any atom is 0.449 e. The first-order chi connectivity index (χ1) is 7.69. The summed E-state index contributed by atoms with van der Waals surface area (Å²) in [6.07, 6.45) is -3.37. The Hall–Kier alpha value is -0.620. The molecule has 0 spiro atoms. The van der Waals surface area contributed by atoms with Crippen LogP contribution >= 0.6 is 0 Å². The zero-order valence-corrected chi connectivity index (χ0v) is 10.4. The van der Waals surface area contributed by atoms with Gasteiger partial charge in [-0.25, -0.2) is 0 Å². The molecule has 0 aromatic rings. The van der Waals surface area contributed by atoms with Crippen LogP contribution in [0.4, 0.5) is 13.2 Å². The molecule has 0 atom stereocenters. The van der Waals surface area contributed by atoms with Crippen LogP contribution in [-0.2, 0) is 4.79 Å². The van der Waals surface area contributed by atoms with Crippen LogP contribution in [0, 0.1) is 0 Å². The van der Waals surface area contributed by atoms with E-state index in [2.05, 4.69) is 0 Å². The molecule has 0 heterocycles. The van der Waals surface area contributed by atoms with Gasteiger partial charge in [-0.1, -0.05) is 0 Å². The number of hydrogen-bond donors (Lipinski definition) is 1. The predicted molar refractivity (Wildman–Crippen MR) is 58.5 cm³/mol. The Bertz CT molecular complexity index is 239. The van der Waals surface area contributed by atoms with E-state index >= 15 is 0 Å². The van der Waals surface area contributed by atoms with E-state index < -0.39 is 18.4 Å². The van der Waals surface area contributed by atoms with Crippen LogP contribution < -0.4 is 0 Å². The average Bonchev–Trinajstić information content (AvgIpc) is 2.16. The van der Waals surface area contributed by atoms with Crippen molar-refractivity contribution < 1.29 is 27.6 Å². The van der Waals surface area contributed by atoms with Gasteiger partial charge >= 0.3 is 6.18 Å². The Morgan fingerprint density at radius 1 is 1.12 bits per heavy atom. The molecule has 0 rings (SSSR count). The molecule has 0 aliphatic rings. The molecule has 0 unspecified atom stereocenters. The van der Waals surface area contributed by atoms with E-state index in [1.807, 2.05) is 14.1 Å². The number of ketones is 1. The highest BCUT2D eigenvalue weighted by Crippen LogP contribution is 2.19. The maximum atomic E-state index is 11.9. The first-order valence-corrected chi connectivity index (χ1v) is 5.72. The third-order valence-corrected chi connectivity index (χ3v) is 2.66. The van der Waals surface area contributed by atoms with E-state index in [1.165, 1.54) is 0 Å². The third kappa shape index (κ3) is 8.15. The largest absolute Gasteiger partial charge is 0.449 e. The number of unbranched alkanes of at least 4 members (excludes halogenated alkanes) is 1. The highest BCUT2D eigenvalue weighted by Gasteiger charge is 2.37. The molecule has 0 bridgehead atoms. The second-order valence-corrected chi connectivity index (χ2v) is 4.84. The van der Waals surface area contributed by atoms with Crippen molar-refractivity contribution in [1.29, 1.82) is 0 Å². The van der Waals surface area contributed by atoms with Gasteiger partial charge in [0.15, 0.2) is 0 Å². The van der Waals surface area contributed by atoms with Crippen LogP contribution in [0.25, 0.3) is 0 Å². The lowest BCUT2D eigenvalue weighted by Crippen LogP contribution is -2.41. The second kappa shape index (κ2) is 6.96. The first kappa shape index (κ1) is 16.4. The number of quaternary nitrogens is 1. The summed E-state index contributed by atoms with van der Waals surface area (Å²) in [5.41, 5.74) is 0. The van der Waals surface area contributed by atoms with Crippen LogP contribution in [0.3, 0.4) is 0 Å². The number of carbonyl (C=O) groups excluding carboxylic acids is 1. The number of alkyl halides is 3. The molecule has 0 aliphatic heterocycles. The smallest absolute Gasteiger partial charge is 0.396 e. The summed E-state index contributed by atoms with van der Waals surface area (Å²) in [7, 11) is 3.82. The summed E-state index contributed by atoms with van der Waals surface area (Å²) < 4.78 is 36.4. The lowest BCUT2D eigenvalue weighted by molar-refractivity contribution is -0.890. The second-order valence-electron chi connectivity index (χ2n) is 4.84. The zero-order chi connectivity index (χ0) is 13.5. The fraction of sp³-hybridized carbons (Fsp3) is 0.909. The number of rotatable bonds is 8. The molecule has 1 N–H and O–H groups in total. The number of aliphatic hydroxyl groups is 1. The van der Waals surface area contributed by atoms with Crippen LogP contribution in [0.1, 0.15) is 25.7 Å². The Labute approximate surface area is 99.8 Å². The van der Waals surface area contributed by atoms with Crippen molar-refractivity contribution in [3.05, 3.63) is 0 Å². The first-order valence-electron chi connectivity index (χ1n) is 5.72. The standard InChI is InChI=1S/C11H21F3NO2/c1-15(2,7-3-4-9-16)8-5-6-10(17)11(12,13)14/h16H,3-9H2,1-2H3/q+1. The van der Waals surface area contributed by atoms with Crippen molar-refractivity contribution in [2.45, 2.75) is 31.9 Å². The summed E-state index contributed by atoms with van der Waals surface area (Å²) in [5, 5.41) is 8.62. The molecule has 102 valence electrons. The summed E-state index contributed by atoms with van der Waals surface area (Å²) in [6, 6.07) is 0. The van der Waals surface area contributed by atoms with Crippen LogP contribution in [0.15, 0.2) is 0 Å². The Morgan fingerprint density at radius 3 is 2.12 bits per heavy atom. The minimum Gasteiger partial charge on any atom is -0.396 e. The predicted octanol–water partition coefficient (Wildman–Crippen LogP) is 1.75. The van der Waals surface area contributed by atoms with E-state index in [-0.39, 0.29) is 13.0 Å². The molecule has 6 heteroatoms. The average molecular weight is 256 g/mol. The number of hydrogen-bond acceptors (Lipinski definition) is 2. The molecule has 0 saturated carbocycles. The number of halogens is 3. The highest BCUT2D eigenvalue weighted by molar-refractivity contribution is 5.83. The van der Waals surface area contributed by atoms with Crippen molar-refractivity contribution in [1.82, 2.24) is 0 Å². The van der Waals surface area contributed by atoms with Gasteiger partial charge in [-0.15, -0.1) is 0 Å². The van der Waals surface area contributed by atoms with Crippen molar-refractivity contribution >= 4 is 5.78 Å². The van der Waals surface area contributed by atoms with Crippen molar-refractivity contribution in [3.8, 4) is 0 Å². The molecule has 0 aliphatic carbocycles. The fourth-order valence-electron chi connectivity index (χ4n) is 1.57. The van der Waals surface area contributed by atoms with E-state index in [9.17, 15) is 18.0 Å². The van der Waals surface area contributed by atoms with Crippen molar-refractivity contribution in [3.63, 3.8) is 0 Å². The number of Topliss-reactive ketones (excluding diaryl/α,β-unsaturated/α-hetero) is 1. The summed E-state index contributed by atoms with van der Waals surface area (Å²) >= 11 is 0. The van der Waals surface area contributed by atoms with Gasteiger partial charge in [0.25, 0.3) is 0 Å². The molecule has 0 saturated heterocycles. The molecule has 0 amide bonds. The van der Waals surface area contributed by atoms with E-state index in [0.29, 0.717) is 17.4 Å². The number of aliphatic hydroxyl groups excluding tert-OH is 1. The van der Waals surface area contributed by atoms with E-state index in [0.717, 1.165) is 13.0 Å². The molecular formula is C11H21F3NO2+. The molecule has 0 radical (unpaired) electrons. The Balaban J connectivity index is 3.83. The highest BCUT2D eigenvalue weighted by atomic mass is 19.4. The minimum absolute atomic E-state index is 0.132. The molecule has 0 aromatic carbocycles. The fourth-order valence-corrected chi connectivity index (χ4v) is 1.57. The van der Waals surface area contributed by atoms with Crippen LogP contribution in [-0.4, -0.2) is 55.3 Å². The van der Waals surface area contributed by atoms with E-state index in [4.69, 9.17) is 5.11 Å². The SMILES string of the molecule is C[N+](C)(CCCCO)CCCC(=O)C(F)(F)F. The van der Waals surface area contributed by atoms with Gasteiger partial charge in [0.05, 0.1) is 27.2 Å². The Morgan fingerprint density at radius 2 is 1.65 bits per heavy atom. The van der Waals surface area contributed by atoms with Gasteiger partial charge < -0.3 is 9.59 Å². The van der Waals surface area contributed by atoms with Gasteiger partial charge in [-0.3, -0.25) is 4.79 Å². The third-order valence-electron chi connectivity index (χ3n) is 2.66. The summed E-state index contributed by atoms with van der Waals surface area (Å²) in [4.78, 5) is 10.6. The van der Waals surface area contributed by atoms with Crippen LogP contribution in [0.2, 0.25) is 0 Å². The monoisotopic (exact) mass is 256 g/mol. The quantitative estimate of drug-likeness (QED) is 0.530. The number of nitrogens with zero attached hydrogens (tertiary/aromatic N) is 1. The summed E-state index contributed by atoms with van der Waals surface area (Å²) in [5.74, 6) is -1.65. The molecule has 17 heavy (non-hydrogen) atoms. The van der Waals surface area contributed by atoms with Gasteiger partial charge in [0, 0.05) is 19.4 Å². The molecule has 3 nitrogen and oxygen atoms in total. The van der Waals surface area contributed by atoms with Gasteiger partial charge in [0.2, 0.25) is 5.78 Å². The number of carbonyl (C=O) groups is 1. The Kier molecular flexibility index (Phi) is 6.70. The van der Waals surface area contributed by atoms with Gasteiger partial charge in [-0.2, -0.15) is 13.2 Å². The molecular weight excluding hydrogens is 235 g/mol. The van der Waals surface area contributed by atoms with E-state index in [1.54, 1.807) is 0 Å². The van der Waals surface area contributed by atoms with Crippen molar-refractivity contribution in [2.75, 3.05) is 33.8 Å². The van der Waals surface area contributed by atoms with Gasteiger partial charge in [-0.05, 0) is 12.8 Å². The maximum absolute atomic E-state index is 11.9.